The van der Waals surface area contributed by atoms with Crippen LogP contribution in [0.2, 0.25) is 0 Å². The third-order valence-electron chi connectivity index (χ3n) is 8.33. The molecule has 1 aromatic carbocycles. The number of allylic oxidation sites excluding steroid dienone is 1. The van der Waals surface area contributed by atoms with E-state index in [1.165, 1.54) is 10.5 Å². The molecule has 0 radical (unpaired) electrons. The normalized spacial score (nSPS) is 29.6. The van der Waals surface area contributed by atoms with Crippen LogP contribution < -0.4 is 5.32 Å². The number of fused-ring (bicyclic) bond motifs is 1. The van der Waals surface area contributed by atoms with Crippen LogP contribution >= 0.6 is 0 Å². The molecular formula is C31H38F3N3O. The van der Waals surface area contributed by atoms with Crippen molar-refractivity contribution < 1.29 is 27.6 Å². The Hall–Kier alpha value is -2.67. The van der Waals surface area contributed by atoms with E-state index in [0.717, 1.165) is 43.5 Å². The number of halogens is 3. The third-order valence-corrected chi connectivity index (χ3v) is 8.33. The number of nitrogens with one attached hydrogen (secondary N) is 1. The molecule has 0 unspecified atom stereocenters. The number of hydrogen-bond acceptors (Lipinski definition) is 3. The number of hydrogen-bond donors (Lipinski definition) is 1. The summed E-state index contributed by atoms with van der Waals surface area (Å²) in [5.41, 5.74) is -0.0603. The molecular weight excluding hydrogens is 487 g/mol. The van der Waals surface area contributed by atoms with Crippen LogP contribution in [0.3, 0.4) is 0 Å². The number of carbonyl (C=O) groups excluding carboxylic acids is 1. The van der Waals surface area contributed by atoms with Crippen LogP contribution in [0, 0.1) is 11.3 Å². The van der Waals surface area contributed by atoms with Gasteiger partial charge in [-0.25, -0.2) is 0 Å². The first-order valence-electron chi connectivity index (χ1n) is 16.8. The molecule has 0 bridgehead atoms. The third kappa shape index (κ3) is 5.68. The SMILES string of the molecule is [2H]C([2H])([2H])C([2H])(C([2H])([2H])[2H])[C@]1(C(=O)N2CCc3ncc(C(F)(F)F)cc3C2)CC[C@@H](NC2CCC(=Cc3ccccc3)CC2)C1. The first-order valence-corrected chi connectivity index (χ1v) is 13.3. The Morgan fingerprint density at radius 3 is 2.66 bits per heavy atom. The average molecular weight is 533 g/mol. The highest BCUT2D eigenvalue weighted by atomic mass is 19.4. The Labute approximate surface area is 233 Å². The first kappa shape index (κ1) is 19.4. The fourth-order valence-corrected chi connectivity index (χ4v) is 6.19. The molecule has 7 heteroatoms. The minimum Gasteiger partial charge on any atom is -0.337 e. The summed E-state index contributed by atoms with van der Waals surface area (Å²) in [4.78, 5) is 19.6. The average Bonchev–Trinajstić information content (AvgIpc) is 3.40. The van der Waals surface area contributed by atoms with Crippen LogP contribution in [0.5, 0.6) is 0 Å². The maximum Gasteiger partial charge on any atom is 0.417 e. The van der Waals surface area contributed by atoms with Gasteiger partial charge in [-0.2, -0.15) is 13.2 Å². The number of aromatic nitrogens is 1. The molecule has 0 spiro atoms. The molecule has 2 aliphatic carbocycles. The van der Waals surface area contributed by atoms with Crippen molar-refractivity contribution >= 4 is 12.0 Å². The van der Waals surface area contributed by atoms with Crippen molar-refractivity contribution in [2.45, 2.75) is 89.9 Å². The van der Waals surface area contributed by atoms with Crippen LogP contribution in [0.1, 0.15) is 90.6 Å². The Kier molecular flexibility index (Phi) is 5.53. The Bertz CT molecular complexity index is 1400. The highest BCUT2D eigenvalue weighted by molar-refractivity contribution is 5.83. The number of alkyl halides is 3. The second-order valence-electron chi connectivity index (χ2n) is 10.9. The number of pyridine rings is 1. The highest BCUT2D eigenvalue weighted by Gasteiger charge is 2.50. The van der Waals surface area contributed by atoms with Gasteiger partial charge in [-0.3, -0.25) is 9.78 Å². The summed E-state index contributed by atoms with van der Waals surface area (Å²) in [6.07, 6.45) is 1.76. The van der Waals surface area contributed by atoms with Crippen molar-refractivity contribution in [1.29, 1.82) is 0 Å². The van der Waals surface area contributed by atoms with Crippen molar-refractivity contribution in [3.8, 4) is 0 Å². The molecule has 2 heterocycles. The topological polar surface area (TPSA) is 45.2 Å². The lowest BCUT2D eigenvalue weighted by Crippen LogP contribution is -2.48. The number of benzene rings is 1. The van der Waals surface area contributed by atoms with Crippen molar-refractivity contribution in [3.05, 3.63) is 70.6 Å². The van der Waals surface area contributed by atoms with E-state index in [1.54, 1.807) is 0 Å². The van der Waals surface area contributed by atoms with Crippen LogP contribution in [0.25, 0.3) is 6.08 Å². The van der Waals surface area contributed by atoms with E-state index >= 15 is 0 Å². The molecule has 5 rings (SSSR count). The summed E-state index contributed by atoms with van der Waals surface area (Å²) in [5.74, 6) is -3.95. The largest absolute Gasteiger partial charge is 0.417 e. The maximum atomic E-state index is 14.4. The van der Waals surface area contributed by atoms with Gasteiger partial charge in [0.1, 0.15) is 0 Å². The van der Waals surface area contributed by atoms with Gasteiger partial charge in [-0.1, -0.05) is 55.7 Å². The lowest BCUT2D eigenvalue weighted by molar-refractivity contribution is -0.146. The summed E-state index contributed by atoms with van der Waals surface area (Å²) < 4.78 is 98.8. The number of carbonyl (C=O) groups is 1. The van der Waals surface area contributed by atoms with E-state index in [4.69, 9.17) is 9.60 Å². The van der Waals surface area contributed by atoms with E-state index in [0.29, 0.717) is 12.1 Å². The molecule has 38 heavy (non-hydrogen) atoms. The van der Waals surface area contributed by atoms with Crippen molar-refractivity contribution in [3.63, 3.8) is 0 Å². The van der Waals surface area contributed by atoms with Gasteiger partial charge in [0.05, 0.1) is 11.0 Å². The summed E-state index contributed by atoms with van der Waals surface area (Å²) in [7, 11) is 0. The van der Waals surface area contributed by atoms with E-state index < -0.39 is 48.7 Å². The molecule has 204 valence electrons. The Balaban J connectivity index is 1.39. The number of amides is 1. The van der Waals surface area contributed by atoms with Crippen LogP contribution in [0.15, 0.2) is 48.2 Å². The molecule has 4 nitrogen and oxygen atoms in total. The van der Waals surface area contributed by atoms with Gasteiger partial charge < -0.3 is 10.2 Å². The van der Waals surface area contributed by atoms with Gasteiger partial charge in [-0.05, 0) is 68.0 Å². The Morgan fingerprint density at radius 1 is 1.18 bits per heavy atom. The number of nitrogens with zero attached hydrogens (tertiary/aromatic N) is 2. The fourth-order valence-electron chi connectivity index (χ4n) is 6.19. The van der Waals surface area contributed by atoms with Gasteiger partial charge in [0, 0.05) is 53.1 Å². The number of rotatable bonds is 5. The summed E-state index contributed by atoms with van der Waals surface area (Å²) in [5, 5.41) is 3.55. The van der Waals surface area contributed by atoms with Gasteiger partial charge in [0.25, 0.3) is 0 Å². The molecule has 1 aliphatic heterocycles. The molecule has 2 fully saturated rings. The van der Waals surface area contributed by atoms with Gasteiger partial charge in [0.15, 0.2) is 0 Å². The standard InChI is InChI=1S/C31H38F3N3O/c1-21(2)30(29(38)37-15-13-28-24(20-37)17-25(19-35-28)31(32,33)34)14-12-27(18-30)36-26-10-8-23(9-11-26)16-22-6-4-3-5-7-22/h3-7,16-17,19,21,26-27,36H,8-15,18,20H2,1-2H3/t26?,27-,30+/m1/s1/i1D3,2D3,21D. The summed E-state index contributed by atoms with van der Waals surface area (Å²) >= 11 is 0. The molecule has 2 atom stereocenters. The van der Waals surface area contributed by atoms with Crippen molar-refractivity contribution in [1.82, 2.24) is 15.2 Å². The summed E-state index contributed by atoms with van der Waals surface area (Å²) in [6, 6.07) is 10.6. The zero-order chi connectivity index (χ0) is 32.8. The first-order chi connectivity index (χ1) is 20.9. The van der Waals surface area contributed by atoms with E-state index in [9.17, 15) is 18.0 Å². The van der Waals surface area contributed by atoms with Crippen LogP contribution in [-0.2, 0) is 23.9 Å². The van der Waals surface area contributed by atoms with Gasteiger partial charge >= 0.3 is 6.18 Å². The minimum atomic E-state index is -4.64. The van der Waals surface area contributed by atoms with Gasteiger partial charge in [-0.15, -0.1) is 0 Å². The van der Waals surface area contributed by atoms with Crippen molar-refractivity contribution in [2.75, 3.05) is 6.54 Å². The second-order valence-corrected chi connectivity index (χ2v) is 10.9. The zero-order valence-electron chi connectivity index (χ0n) is 28.3. The molecule has 2 saturated carbocycles. The van der Waals surface area contributed by atoms with Crippen molar-refractivity contribution in [2.24, 2.45) is 11.3 Å². The second kappa shape index (κ2) is 10.8. The molecule has 1 aromatic heterocycles. The lowest BCUT2D eigenvalue weighted by Gasteiger charge is -2.40. The Morgan fingerprint density at radius 2 is 1.95 bits per heavy atom. The minimum absolute atomic E-state index is 0.0290. The van der Waals surface area contributed by atoms with Gasteiger partial charge in [0.2, 0.25) is 5.91 Å². The fraction of sp³-hybridized carbons (Fsp3) is 0.548. The van der Waals surface area contributed by atoms with Crippen LogP contribution in [-0.4, -0.2) is 34.4 Å². The molecule has 3 aliphatic rings. The predicted molar refractivity (Wildman–Crippen MR) is 143 cm³/mol. The quantitative estimate of drug-likeness (QED) is 0.461. The molecule has 0 saturated heterocycles. The maximum absolute atomic E-state index is 14.4. The molecule has 1 N–H and O–H groups in total. The van der Waals surface area contributed by atoms with E-state index in [-0.39, 0.29) is 44.0 Å². The predicted octanol–water partition coefficient (Wildman–Crippen LogP) is 6.80. The van der Waals surface area contributed by atoms with E-state index in [1.807, 2.05) is 30.3 Å². The lowest BCUT2D eigenvalue weighted by atomic mass is 9.74. The van der Waals surface area contributed by atoms with E-state index in [2.05, 4.69) is 16.4 Å². The monoisotopic (exact) mass is 532 g/mol. The molecule has 2 aromatic rings. The van der Waals surface area contributed by atoms with Crippen LogP contribution in [0.4, 0.5) is 13.2 Å². The summed E-state index contributed by atoms with van der Waals surface area (Å²) in [6.45, 7) is -6.93. The highest BCUT2D eigenvalue weighted by Crippen LogP contribution is 2.47. The zero-order valence-corrected chi connectivity index (χ0v) is 21.3. The smallest absolute Gasteiger partial charge is 0.337 e. The molecule has 1 amide bonds.